The Hall–Kier alpha value is -3.61. The summed E-state index contributed by atoms with van der Waals surface area (Å²) in [5.41, 5.74) is 4.65. The number of carbonyl (C=O) groups excluding carboxylic acids is 1. The van der Waals surface area contributed by atoms with Gasteiger partial charge in [0.15, 0.2) is 5.60 Å². The van der Waals surface area contributed by atoms with E-state index in [0.717, 1.165) is 23.2 Å². The van der Waals surface area contributed by atoms with Gasteiger partial charge in [0.25, 0.3) is 0 Å². The molecule has 1 aromatic heterocycles. The number of amides is 1. The number of benzene rings is 2. The standard InChI is InChI=1S/C28H35N3O4/c1-18-13-20(9-12-24(18)35-28(5,6)26(33)34)17-29-25(32)16-23-15-22(30-31-23)14-19-7-10-21(11-8-19)27(2,3)4/h7-13,15H,14,16-17H2,1-6H3,(H,29,32)(H,30,31)(H,33,34). The lowest BCUT2D eigenvalue weighted by Gasteiger charge is -2.23. The predicted octanol–water partition coefficient (Wildman–Crippen LogP) is 4.71. The van der Waals surface area contributed by atoms with E-state index in [2.05, 4.69) is 60.6 Å². The number of carbonyl (C=O) groups is 2. The molecule has 3 aromatic rings. The number of aromatic amines is 1. The third-order valence-electron chi connectivity index (χ3n) is 5.85. The van der Waals surface area contributed by atoms with Crippen molar-refractivity contribution in [2.45, 2.75) is 71.9 Å². The zero-order valence-electron chi connectivity index (χ0n) is 21.4. The van der Waals surface area contributed by atoms with Crippen LogP contribution in [-0.2, 0) is 34.4 Å². The van der Waals surface area contributed by atoms with Gasteiger partial charge in [-0.3, -0.25) is 9.89 Å². The number of aliphatic carboxylic acids is 1. The first kappa shape index (κ1) is 26.0. The molecule has 0 fully saturated rings. The molecular formula is C28H35N3O4. The fourth-order valence-corrected chi connectivity index (χ4v) is 3.62. The third-order valence-corrected chi connectivity index (χ3v) is 5.85. The molecule has 186 valence electrons. The van der Waals surface area contributed by atoms with Gasteiger partial charge in [0.2, 0.25) is 5.91 Å². The quantitative estimate of drug-likeness (QED) is 0.414. The van der Waals surface area contributed by atoms with Gasteiger partial charge in [-0.1, -0.05) is 57.2 Å². The lowest BCUT2D eigenvalue weighted by Crippen LogP contribution is -2.38. The van der Waals surface area contributed by atoms with Crippen molar-refractivity contribution >= 4 is 11.9 Å². The van der Waals surface area contributed by atoms with Gasteiger partial charge in [-0.25, -0.2) is 4.79 Å². The highest BCUT2D eigenvalue weighted by Crippen LogP contribution is 2.25. The Morgan fingerprint density at radius 1 is 1.00 bits per heavy atom. The number of ether oxygens (including phenoxy) is 1. The number of H-pyrrole nitrogens is 1. The first-order valence-electron chi connectivity index (χ1n) is 11.7. The molecule has 0 atom stereocenters. The van der Waals surface area contributed by atoms with Crippen LogP contribution in [0.1, 0.15) is 68.3 Å². The Balaban J connectivity index is 1.52. The number of carboxylic acid groups (broad SMARTS) is 1. The van der Waals surface area contributed by atoms with Crippen LogP contribution >= 0.6 is 0 Å². The molecule has 7 heteroatoms. The second kappa shape index (κ2) is 10.3. The van der Waals surface area contributed by atoms with Crippen molar-refractivity contribution in [1.29, 1.82) is 0 Å². The number of aryl methyl sites for hydroxylation is 1. The average molecular weight is 478 g/mol. The van der Waals surface area contributed by atoms with Crippen molar-refractivity contribution in [3.63, 3.8) is 0 Å². The summed E-state index contributed by atoms with van der Waals surface area (Å²) in [6, 6.07) is 15.9. The fourth-order valence-electron chi connectivity index (χ4n) is 3.62. The Bertz CT molecular complexity index is 1190. The highest BCUT2D eigenvalue weighted by atomic mass is 16.5. The van der Waals surface area contributed by atoms with E-state index in [-0.39, 0.29) is 17.7 Å². The molecule has 0 bridgehead atoms. The zero-order chi connectivity index (χ0) is 25.8. The van der Waals surface area contributed by atoms with Crippen LogP contribution in [-0.4, -0.2) is 32.8 Å². The summed E-state index contributed by atoms with van der Waals surface area (Å²) >= 11 is 0. The largest absolute Gasteiger partial charge is 0.478 e. The molecule has 0 saturated carbocycles. The molecule has 2 aromatic carbocycles. The van der Waals surface area contributed by atoms with E-state index in [1.807, 2.05) is 25.1 Å². The first-order valence-corrected chi connectivity index (χ1v) is 11.7. The van der Waals surface area contributed by atoms with Gasteiger partial charge in [-0.2, -0.15) is 5.10 Å². The van der Waals surface area contributed by atoms with Crippen LogP contribution in [0.2, 0.25) is 0 Å². The molecule has 35 heavy (non-hydrogen) atoms. The van der Waals surface area contributed by atoms with Gasteiger partial charge in [0.05, 0.1) is 12.1 Å². The van der Waals surface area contributed by atoms with Crippen LogP contribution in [0.4, 0.5) is 0 Å². The monoisotopic (exact) mass is 477 g/mol. The second-order valence-electron chi connectivity index (χ2n) is 10.5. The summed E-state index contributed by atoms with van der Waals surface area (Å²) in [6.45, 7) is 11.8. The van der Waals surface area contributed by atoms with E-state index in [9.17, 15) is 14.7 Å². The maximum absolute atomic E-state index is 12.4. The molecule has 1 amide bonds. The van der Waals surface area contributed by atoms with Gasteiger partial charge in [0, 0.05) is 18.7 Å². The lowest BCUT2D eigenvalue weighted by molar-refractivity contribution is -0.152. The minimum atomic E-state index is -1.32. The van der Waals surface area contributed by atoms with Crippen LogP contribution in [0.25, 0.3) is 0 Å². The van der Waals surface area contributed by atoms with Crippen LogP contribution in [0.15, 0.2) is 48.5 Å². The van der Waals surface area contributed by atoms with Crippen molar-refractivity contribution < 1.29 is 19.4 Å². The molecule has 3 N–H and O–H groups in total. The summed E-state index contributed by atoms with van der Waals surface area (Å²) in [6.07, 6.45) is 0.915. The first-order chi connectivity index (χ1) is 16.3. The molecule has 3 rings (SSSR count). The SMILES string of the molecule is Cc1cc(CNC(=O)Cc2cc(Cc3ccc(C(C)(C)C)cc3)[nH]n2)ccc1OC(C)(C)C(=O)O. The molecule has 0 radical (unpaired) electrons. The van der Waals surface area contributed by atoms with Gasteiger partial charge in [0.1, 0.15) is 5.75 Å². The van der Waals surface area contributed by atoms with Crippen molar-refractivity contribution in [3.05, 3.63) is 82.2 Å². The molecule has 0 spiro atoms. The van der Waals surface area contributed by atoms with Gasteiger partial charge < -0.3 is 15.2 Å². The molecule has 7 nitrogen and oxygen atoms in total. The Morgan fingerprint density at radius 3 is 2.26 bits per heavy atom. The van der Waals surface area contributed by atoms with Crippen molar-refractivity contribution in [1.82, 2.24) is 15.5 Å². The number of hydrogen-bond acceptors (Lipinski definition) is 4. The second-order valence-corrected chi connectivity index (χ2v) is 10.5. The van der Waals surface area contributed by atoms with Crippen LogP contribution in [0.3, 0.4) is 0 Å². The van der Waals surface area contributed by atoms with E-state index in [4.69, 9.17) is 4.74 Å². The zero-order valence-corrected chi connectivity index (χ0v) is 21.4. The lowest BCUT2D eigenvalue weighted by atomic mass is 9.86. The normalized spacial score (nSPS) is 11.8. The van der Waals surface area contributed by atoms with Crippen molar-refractivity contribution in [2.75, 3.05) is 0 Å². The van der Waals surface area contributed by atoms with Gasteiger partial charge in [-0.15, -0.1) is 0 Å². The summed E-state index contributed by atoms with van der Waals surface area (Å²) in [7, 11) is 0. The van der Waals surface area contributed by atoms with E-state index in [1.54, 1.807) is 6.07 Å². The topological polar surface area (TPSA) is 104 Å². The molecule has 0 aliphatic carbocycles. The van der Waals surface area contributed by atoms with Gasteiger partial charge in [-0.05, 0) is 60.6 Å². The minimum Gasteiger partial charge on any atom is -0.478 e. The molecule has 0 aliphatic heterocycles. The minimum absolute atomic E-state index is 0.123. The van der Waals surface area contributed by atoms with Crippen LogP contribution in [0, 0.1) is 6.92 Å². The van der Waals surface area contributed by atoms with Gasteiger partial charge >= 0.3 is 5.97 Å². The maximum atomic E-state index is 12.4. The fraction of sp³-hybridized carbons (Fsp3) is 0.393. The smallest absolute Gasteiger partial charge is 0.347 e. The van der Waals surface area contributed by atoms with E-state index < -0.39 is 11.6 Å². The number of hydrogen-bond donors (Lipinski definition) is 3. The highest BCUT2D eigenvalue weighted by Gasteiger charge is 2.29. The number of nitrogens with one attached hydrogen (secondary N) is 2. The Kier molecular flexibility index (Phi) is 7.68. The number of nitrogens with zero attached hydrogens (tertiary/aromatic N) is 1. The van der Waals surface area contributed by atoms with E-state index in [1.165, 1.54) is 25.0 Å². The number of carboxylic acids is 1. The van der Waals surface area contributed by atoms with Crippen molar-refractivity contribution in [2.24, 2.45) is 0 Å². The Morgan fingerprint density at radius 2 is 1.66 bits per heavy atom. The Labute approximate surface area is 206 Å². The predicted molar refractivity (Wildman–Crippen MR) is 136 cm³/mol. The highest BCUT2D eigenvalue weighted by molar-refractivity contribution is 5.78. The van der Waals surface area contributed by atoms with Crippen LogP contribution in [0.5, 0.6) is 5.75 Å². The summed E-state index contributed by atoms with van der Waals surface area (Å²) < 4.78 is 5.62. The van der Waals surface area contributed by atoms with E-state index >= 15 is 0 Å². The average Bonchev–Trinajstić information content (AvgIpc) is 3.20. The molecule has 1 heterocycles. The molecular weight excluding hydrogens is 442 g/mol. The van der Waals surface area contributed by atoms with E-state index in [0.29, 0.717) is 18.0 Å². The maximum Gasteiger partial charge on any atom is 0.347 e. The van der Waals surface area contributed by atoms with Crippen LogP contribution < -0.4 is 10.1 Å². The number of aromatic nitrogens is 2. The van der Waals surface area contributed by atoms with Crippen molar-refractivity contribution in [3.8, 4) is 5.75 Å². The molecule has 0 saturated heterocycles. The molecule has 0 aliphatic rings. The third kappa shape index (κ3) is 7.18. The summed E-state index contributed by atoms with van der Waals surface area (Å²) in [5, 5.41) is 19.5. The summed E-state index contributed by atoms with van der Waals surface area (Å²) in [5.74, 6) is -0.652. The number of rotatable bonds is 9. The molecule has 0 unspecified atom stereocenters. The summed E-state index contributed by atoms with van der Waals surface area (Å²) in [4.78, 5) is 23.7.